The summed E-state index contributed by atoms with van der Waals surface area (Å²) in [6.07, 6.45) is -0.0250. The first-order valence-corrected chi connectivity index (χ1v) is 7.81. The van der Waals surface area contributed by atoms with Gasteiger partial charge in [-0.3, -0.25) is 9.48 Å². The number of amides is 1. The van der Waals surface area contributed by atoms with Crippen molar-refractivity contribution in [1.82, 2.24) is 15.1 Å². The Balaban J connectivity index is 1.78. The molecule has 128 valence electrons. The van der Waals surface area contributed by atoms with Gasteiger partial charge < -0.3 is 10.1 Å². The third kappa shape index (κ3) is 3.03. The Labute approximate surface area is 138 Å². The molecule has 24 heavy (non-hydrogen) atoms. The molecule has 1 N–H and O–H groups in total. The Bertz CT molecular complexity index is 710. The van der Waals surface area contributed by atoms with Crippen LogP contribution in [0.2, 0.25) is 0 Å². The zero-order valence-electron chi connectivity index (χ0n) is 13.3. The van der Waals surface area contributed by atoms with Gasteiger partial charge in [0.15, 0.2) is 5.60 Å². The van der Waals surface area contributed by atoms with Crippen LogP contribution in [0.4, 0.5) is 8.78 Å². The Morgan fingerprint density at radius 2 is 2.17 bits per heavy atom. The highest BCUT2D eigenvalue weighted by molar-refractivity contribution is 5.86. The van der Waals surface area contributed by atoms with E-state index in [9.17, 15) is 13.6 Å². The number of alkyl halides is 2. The third-order valence-electron chi connectivity index (χ3n) is 4.22. The van der Waals surface area contributed by atoms with Crippen molar-refractivity contribution < 1.29 is 18.3 Å². The molecule has 5 nitrogen and oxygen atoms in total. The van der Waals surface area contributed by atoms with Gasteiger partial charge >= 0.3 is 0 Å². The molecule has 0 saturated carbocycles. The first kappa shape index (κ1) is 16.6. The molecule has 0 aliphatic carbocycles. The highest BCUT2D eigenvalue weighted by atomic mass is 19.3. The Hall–Kier alpha value is -2.28. The number of benzene rings is 1. The van der Waals surface area contributed by atoms with Crippen molar-refractivity contribution in [2.24, 2.45) is 7.05 Å². The molecule has 1 amide bonds. The van der Waals surface area contributed by atoms with E-state index in [1.807, 2.05) is 30.3 Å². The molecule has 1 atom stereocenters. The fourth-order valence-corrected chi connectivity index (χ4v) is 3.06. The van der Waals surface area contributed by atoms with Gasteiger partial charge in [-0.05, 0) is 18.4 Å². The summed E-state index contributed by atoms with van der Waals surface area (Å²) in [5.41, 5.74) is -0.280. The fraction of sp³-hybridized carbons (Fsp3) is 0.412. The molecule has 0 bridgehead atoms. The standard InChI is InChI=1S/C17H19F2N3O2/c1-22-11-13(15(18)19)14(21-22)10-20-16(23)17(8-5-9-24-17)12-6-3-2-4-7-12/h2-4,6-7,11,15H,5,8-10H2,1H3,(H,20,23)/t17-/m1/s1. The van der Waals surface area contributed by atoms with Crippen LogP contribution in [-0.4, -0.2) is 22.3 Å². The molecule has 1 aliphatic rings. The molecule has 1 aliphatic heterocycles. The Morgan fingerprint density at radius 3 is 2.79 bits per heavy atom. The van der Waals surface area contributed by atoms with Crippen molar-refractivity contribution in [3.8, 4) is 0 Å². The van der Waals surface area contributed by atoms with Gasteiger partial charge in [-0.25, -0.2) is 8.78 Å². The van der Waals surface area contributed by atoms with Gasteiger partial charge in [-0.1, -0.05) is 30.3 Å². The Kier molecular flexibility index (Phi) is 4.62. The van der Waals surface area contributed by atoms with Gasteiger partial charge in [0.05, 0.1) is 17.8 Å². The van der Waals surface area contributed by atoms with E-state index in [0.29, 0.717) is 13.0 Å². The van der Waals surface area contributed by atoms with Crippen molar-refractivity contribution in [2.75, 3.05) is 6.61 Å². The molecule has 0 radical (unpaired) electrons. The van der Waals surface area contributed by atoms with E-state index in [-0.39, 0.29) is 23.7 Å². The second-order valence-electron chi connectivity index (χ2n) is 5.83. The summed E-state index contributed by atoms with van der Waals surface area (Å²) in [5.74, 6) is -0.322. The minimum Gasteiger partial charge on any atom is -0.360 e. The van der Waals surface area contributed by atoms with Crippen molar-refractivity contribution >= 4 is 5.91 Å². The number of halogens is 2. The Morgan fingerprint density at radius 1 is 1.42 bits per heavy atom. The third-order valence-corrected chi connectivity index (χ3v) is 4.22. The van der Waals surface area contributed by atoms with Crippen LogP contribution in [0.3, 0.4) is 0 Å². The quantitative estimate of drug-likeness (QED) is 0.914. The number of carbonyl (C=O) groups is 1. The molecule has 1 aromatic carbocycles. The van der Waals surface area contributed by atoms with Gasteiger partial charge in [0.25, 0.3) is 12.3 Å². The average molecular weight is 335 g/mol. The van der Waals surface area contributed by atoms with Crippen LogP contribution in [0.1, 0.15) is 36.1 Å². The van der Waals surface area contributed by atoms with Crippen LogP contribution < -0.4 is 5.32 Å². The van der Waals surface area contributed by atoms with Gasteiger partial charge in [0, 0.05) is 19.9 Å². The molecule has 0 spiro atoms. The number of aromatic nitrogens is 2. The summed E-state index contributed by atoms with van der Waals surface area (Å²) in [5, 5.41) is 6.72. The van der Waals surface area contributed by atoms with E-state index >= 15 is 0 Å². The first-order valence-electron chi connectivity index (χ1n) is 7.81. The lowest BCUT2D eigenvalue weighted by molar-refractivity contribution is -0.142. The van der Waals surface area contributed by atoms with E-state index in [4.69, 9.17) is 4.74 Å². The molecule has 7 heteroatoms. The van der Waals surface area contributed by atoms with Crippen LogP contribution in [0.15, 0.2) is 36.5 Å². The monoisotopic (exact) mass is 335 g/mol. The zero-order chi connectivity index (χ0) is 17.2. The van der Waals surface area contributed by atoms with Gasteiger partial charge in [-0.15, -0.1) is 0 Å². The van der Waals surface area contributed by atoms with Crippen LogP contribution in [0.5, 0.6) is 0 Å². The normalized spacial score (nSPS) is 20.5. The maximum Gasteiger partial charge on any atom is 0.267 e. The van der Waals surface area contributed by atoms with E-state index in [1.165, 1.54) is 10.9 Å². The minimum absolute atomic E-state index is 0.0582. The summed E-state index contributed by atoms with van der Waals surface area (Å²) in [6.45, 7) is 0.436. The summed E-state index contributed by atoms with van der Waals surface area (Å²) < 4.78 is 33.1. The molecule has 1 fully saturated rings. The highest BCUT2D eigenvalue weighted by Gasteiger charge is 2.44. The van der Waals surface area contributed by atoms with Crippen molar-refractivity contribution in [3.05, 3.63) is 53.3 Å². The van der Waals surface area contributed by atoms with E-state index in [1.54, 1.807) is 7.05 Å². The van der Waals surface area contributed by atoms with Crippen LogP contribution in [0, 0.1) is 0 Å². The number of carbonyl (C=O) groups excluding carboxylic acids is 1. The molecule has 2 heterocycles. The number of hydrogen-bond acceptors (Lipinski definition) is 3. The second kappa shape index (κ2) is 6.68. The SMILES string of the molecule is Cn1cc(C(F)F)c(CNC(=O)[C@]2(c3ccccc3)CCCO2)n1. The summed E-state index contributed by atoms with van der Waals surface area (Å²) >= 11 is 0. The maximum absolute atomic E-state index is 13.0. The lowest BCUT2D eigenvalue weighted by Gasteiger charge is -2.27. The topological polar surface area (TPSA) is 56.2 Å². The number of aryl methyl sites for hydroxylation is 1. The summed E-state index contributed by atoms with van der Waals surface area (Å²) in [4.78, 5) is 12.8. The fourth-order valence-electron chi connectivity index (χ4n) is 3.06. The second-order valence-corrected chi connectivity index (χ2v) is 5.83. The molecule has 2 aromatic rings. The van der Waals surface area contributed by atoms with Gasteiger partial charge in [-0.2, -0.15) is 5.10 Å². The van der Waals surface area contributed by atoms with E-state index in [0.717, 1.165) is 12.0 Å². The number of nitrogens with zero attached hydrogens (tertiary/aromatic N) is 2. The molecular weight excluding hydrogens is 316 g/mol. The lowest BCUT2D eigenvalue weighted by atomic mass is 9.90. The summed E-state index contributed by atoms with van der Waals surface area (Å²) in [6, 6.07) is 9.25. The zero-order valence-corrected chi connectivity index (χ0v) is 13.3. The van der Waals surface area contributed by atoms with Crippen molar-refractivity contribution in [2.45, 2.75) is 31.4 Å². The first-order chi connectivity index (χ1) is 11.5. The highest BCUT2D eigenvalue weighted by Crippen LogP contribution is 2.36. The predicted octanol–water partition coefficient (Wildman–Crippen LogP) is 2.68. The predicted molar refractivity (Wildman–Crippen MR) is 83.3 cm³/mol. The van der Waals surface area contributed by atoms with Crippen molar-refractivity contribution in [1.29, 1.82) is 0 Å². The molecular formula is C17H19F2N3O2. The smallest absolute Gasteiger partial charge is 0.267 e. The van der Waals surface area contributed by atoms with Crippen LogP contribution >= 0.6 is 0 Å². The molecule has 1 aromatic heterocycles. The lowest BCUT2D eigenvalue weighted by Crippen LogP contribution is -2.44. The number of ether oxygens (including phenoxy) is 1. The molecule has 3 rings (SSSR count). The van der Waals surface area contributed by atoms with Crippen molar-refractivity contribution in [3.63, 3.8) is 0 Å². The molecule has 1 saturated heterocycles. The average Bonchev–Trinajstić information content (AvgIpc) is 3.21. The number of hydrogen-bond donors (Lipinski definition) is 1. The summed E-state index contributed by atoms with van der Waals surface area (Å²) in [7, 11) is 1.57. The van der Waals surface area contributed by atoms with E-state index < -0.39 is 12.0 Å². The van der Waals surface area contributed by atoms with Gasteiger partial charge in [0.1, 0.15) is 0 Å². The number of nitrogens with one attached hydrogen (secondary N) is 1. The minimum atomic E-state index is -2.63. The largest absolute Gasteiger partial charge is 0.360 e. The number of rotatable bonds is 5. The van der Waals surface area contributed by atoms with Crippen LogP contribution in [-0.2, 0) is 28.7 Å². The van der Waals surface area contributed by atoms with Crippen LogP contribution in [0.25, 0.3) is 0 Å². The van der Waals surface area contributed by atoms with E-state index in [2.05, 4.69) is 10.4 Å². The van der Waals surface area contributed by atoms with Gasteiger partial charge in [0.2, 0.25) is 0 Å². The molecule has 0 unspecified atom stereocenters. The maximum atomic E-state index is 13.0.